The van der Waals surface area contributed by atoms with Gasteiger partial charge in [0, 0.05) is 16.1 Å². The van der Waals surface area contributed by atoms with Crippen LogP contribution < -0.4 is 5.32 Å². The number of nitrogens with one attached hydrogen (secondary N) is 1. The van der Waals surface area contributed by atoms with Crippen LogP contribution in [-0.2, 0) is 6.42 Å². The Hall–Kier alpha value is -0.240. The van der Waals surface area contributed by atoms with Gasteiger partial charge in [-0.05, 0) is 43.7 Å². The summed E-state index contributed by atoms with van der Waals surface area (Å²) in [4.78, 5) is 0. The van der Waals surface area contributed by atoms with Crippen molar-refractivity contribution in [2.75, 3.05) is 7.05 Å². The molecule has 0 aliphatic heterocycles. The molecule has 1 aromatic carbocycles. The minimum absolute atomic E-state index is 0.484. The Labute approximate surface area is 115 Å². The Morgan fingerprint density at radius 3 is 2.65 bits per heavy atom. The Balaban J connectivity index is 2.57. The van der Waals surface area contributed by atoms with Gasteiger partial charge in [-0.3, -0.25) is 0 Å². The molecule has 0 saturated heterocycles. The molecule has 0 aliphatic rings. The maximum atomic E-state index is 6.17. The third kappa shape index (κ3) is 5.29. The van der Waals surface area contributed by atoms with Gasteiger partial charge in [-0.1, -0.05) is 49.4 Å². The van der Waals surface area contributed by atoms with E-state index in [1.807, 2.05) is 25.2 Å². The number of benzene rings is 1. The van der Waals surface area contributed by atoms with Crippen LogP contribution in [0.1, 0.15) is 38.2 Å². The monoisotopic (exact) mass is 273 g/mol. The molecule has 0 aliphatic carbocycles. The lowest BCUT2D eigenvalue weighted by Gasteiger charge is -2.17. The zero-order valence-electron chi connectivity index (χ0n) is 10.6. The molecule has 3 heteroatoms. The van der Waals surface area contributed by atoms with Crippen LogP contribution in [0.4, 0.5) is 0 Å². The fraction of sp³-hybridized carbons (Fsp3) is 0.571. The average Bonchev–Trinajstić information content (AvgIpc) is 2.32. The molecular formula is C14H21Cl2N. The Morgan fingerprint density at radius 1 is 1.24 bits per heavy atom. The van der Waals surface area contributed by atoms with Crippen molar-refractivity contribution in [2.45, 2.75) is 45.1 Å². The van der Waals surface area contributed by atoms with Crippen LogP contribution in [-0.4, -0.2) is 13.1 Å². The zero-order valence-corrected chi connectivity index (χ0v) is 12.1. The van der Waals surface area contributed by atoms with Crippen molar-refractivity contribution in [1.82, 2.24) is 5.32 Å². The summed E-state index contributed by atoms with van der Waals surface area (Å²) in [5, 5.41) is 4.92. The van der Waals surface area contributed by atoms with Crippen molar-refractivity contribution in [3.8, 4) is 0 Å². The van der Waals surface area contributed by atoms with Gasteiger partial charge in [-0.25, -0.2) is 0 Å². The first-order valence-corrected chi connectivity index (χ1v) is 7.04. The van der Waals surface area contributed by atoms with Gasteiger partial charge in [0.15, 0.2) is 0 Å². The first-order chi connectivity index (χ1) is 8.17. The molecule has 1 rings (SSSR count). The lowest BCUT2D eigenvalue weighted by Crippen LogP contribution is -2.27. The van der Waals surface area contributed by atoms with Gasteiger partial charge < -0.3 is 5.32 Å². The summed E-state index contributed by atoms with van der Waals surface area (Å²) in [6, 6.07) is 6.16. The molecular weight excluding hydrogens is 253 g/mol. The summed E-state index contributed by atoms with van der Waals surface area (Å²) in [7, 11) is 2.01. The van der Waals surface area contributed by atoms with Crippen molar-refractivity contribution < 1.29 is 0 Å². The number of halogens is 2. The third-order valence-electron chi connectivity index (χ3n) is 3.04. The van der Waals surface area contributed by atoms with E-state index >= 15 is 0 Å². The Kier molecular flexibility index (Phi) is 6.94. The molecule has 1 N–H and O–H groups in total. The van der Waals surface area contributed by atoms with Crippen LogP contribution in [0.2, 0.25) is 10.0 Å². The van der Waals surface area contributed by atoms with Crippen LogP contribution >= 0.6 is 23.2 Å². The lowest BCUT2D eigenvalue weighted by molar-refractivity contribution is 0.490. The van der Waals surface area contributed by atoms with Gasteiger partial charge in [0.1, 0.15) is 0 Å². The normalized spacial score (nSPS) is 12.7. The average molecular weight is 274 g/mol. The van der Waals surface area contributed by atoms with E-state index in [0.29, 0.717) is 6.04 Å². The van der Waals surface area contributed by atoms with Gasteiger partial charge >= 0.3 is 0 Å². The number of hydrogen-bond acceptors (Lipinski definition) is 1. The summed E-state index contributed by atoms with van der Waals surface area (Å²) in [6.45, 7) is 2.22. The van der Waals surface area contributed by atoms with Crippen LogP contribution in [0, 0.1) is 0 Å². The standard InChI is InChI=1S/C14H21Cl2N/c1-3-4-5-6-13(17-2)10-11-9-12(15)7-8-14(11)16/h7-9,13,17H,3-6,10H2,1-2H3. The second-order valence-corrected chi connectivity index (χ2v) is 5.26. The molecule has 1 nitrogen and oxygen atoms in total. The molecule has 1 atom stereocenters. The fourth-order valence-electron chi connectivity index (χ4n) is 1.95. The molecule has 0 saturated carbocycles. The predicted molar refractivity (Wildman–Crippen MR) is 77.2 cm³/mol. The van der Waals surface area contributed by atoms with Gasteiger partial charge in [0.25, 0.3) is 0 Å². The quantitative estimate of drug-likeness (QED) is 0.710. The molecule has 0 amide bonds. The van der Waals surface area contributed by atoms with Crippen LogP contribution in [0.15, 0.2) is 18.2 Å². The van der Waals surface area contributed by atoms with E-state index in [0.717, 1.165) is 22.0 Å². The number of likely N-dealkylation sites (N-methyl/N-ethyl adjacent to an activating group) is 1. The van der Waals surface area contributed by atoms with Gasteiger partial charge in [0.2, 0.25) is 0 Å². The third-order valence-corrected chi connectivity index (χ3v) is 3.64. The molecule has 0 spiro atoms. The summed E-state index contributed by atoms with van der Waals surface area (Å²) in [5.41, 5.74) is 1.13. The smallest absolute Gasteiger partial charge is 0.0439 e. The summed E-state index contributed by atoms with van der Waals surface area (Å²) in [5.74, 6) is 0. The van der Waals surface area contributed by atoms with E-state index in [-0.39, 0.29) is 0 Å². The minimum atomic E-state index is 0.484. The van der Waals surface area contributed by atoms with Gasteiger partial charge in [-0.15, -0.1) is 0 Å². The Morgan fingerprint density at radius 2 is 2.00 bits per heavy atom. The van der Waals surface area contributed by atoms with E-state index in [1.165, 1.54) is 25.7 Å². The first kappa shape index (κ1) is 14.8. The molecule has 1 aromatic rings. The minimum Gasteiger partial charge on any atom is -0.317 e. The van der Waals surface area contributed by atoms with Gasteiger partial charge in [0.05, 0.1) is 0 Å². The molecule has 0 aromatic heterocycles. The highest BCUT2D eigenvalue weighted by atomic mass is 35.5. The van der Waals surface area contributed by atoms with Crippen molar-refractivity contribution >= 4 is 23.2 Å². The molecule has 0 heterocycles. The predicted octanol–water partition coefficient (Wildman–Crippen LogP) is 4.70. The molecule has 0 bridgehead atoms. The van der Waals surface area contributed by atoms with E-state index in [2.05, 4.69) is 12.2 Å². The molecule has 0 radical (unpaired) electrons. The molecule has 1 unspecified atom stereocenters. The summed E-state index contributed by atoms with van der Waals surface area (Å²) >= 11 is 12.2. The van der Waals surface area contributed by atoms with Crippen LogP contribution in [0.3, 0.4) is 0 Å². The zero-order chi connectivity index (χ0) is 12.7. The van der Waals surface area contributed by atoms with Gasteiger partial charge in [-0.2, -0.15) is 0 Å². The van der Waals surface area contributed by atoms with Crippen molar-refractivity contribution in [3.05, 3.63) is 33.8 Å². The second kappa shape index (κ2) is 7.97. The first-order valence-electron chi connectivity index (χ1n) is 6.28. The molecule has 17 heavy (non-hydrogen) atoms. The van der Waals surface area contributed by atoms with Crippen molar-refractivity contribution in [2.24, 2.45) is 0 Å². The largest absolute Gasteiger partial charge is 0.317 e. The fourth-order valence-corrected chi connectivity index (χ4v) is 2.34. The highest BCUT2D eigenvalue weighted by Gasteiger charge is 2.10. The number of hydrogen-bond donors (Lipinski definition) is 1. The summed E-state index contributed by atoms with van der Waals surface area (Å²) in [6.07, 6.45) is 5.95. The van der Waals surface area contributed by atoms with E-state index in [1.54, 1.807) is 0 Å². The van der Waals surface area contributed by atoms with Crippen molar-refractivity contribution in [3.63, 3.8) is 0 Å². The van der Waals surface area contributed by atoms with Crippen LogP contribution in [0.25, 0.3) is 0 Å². The number of rotatable bonds is 7. The van der Waals surface area contributed by atoms with Crippen LogP contribution in [0.5, 0.6) is 0 Å². The second-order valence-electron chi connectivity index (χ2n) is 4.42. The highest BCUT2D eigenvalue weighted by Crippen LogP contribution is 2.22. The van der Waals surface area contributed by atoms with E-state index in [4.69, 9.17) is 23.2 Å². The topological polar surface area (TPSA) is 12.0 Å². The maximum absolute atomic E-state index is 6.17. The van der Waals surface area contributed by atoms with Crippen molar-refractivity contribution in [1.29, 1.82) is 0 Å². The van der Waals surface area contributed by atoms with E-state index in [9.17, 15) is 0 Å². The highest BCUT2D eigenvalue weighted by molar-refractivity contribution is 6.33. The number of unbranched alkanes of at least 4 members (excludes halogenated alkanes) is 2. The van der Waals surface area contributed by atoms with E-state index < -0.39 is 0 Å². The molecule has 0 fully saturated rings. The summed E-state index contributed by atoms with van der Waals surface area (Å²) < 4.78 is 0. The molecule has 96 valence electrons. The Bertz CT molecular complexity index is 339. The SMILES string of the molecule is CCCCCC(Cc1cc(Cl)ccc1Cl)NC. The maximum Gasteiger partial charge on any atom is 0.0439 e. The lowest BCUT2D eigenvalue weighted by atomic mass is 10.0.